The predicted octanol–water partition coefficient (Wildman–Crippen LogP) is 1.89. The van der Waals surface area contributed by atoms with Crippen molar-refractivity contribution in [2.45, 2.75) is 25.4 Å². The van der Waals surface area contributed by atoms with Crippen molar-refractivity contribution in [2.24, 2.45) is 0 Å². The number of ether oxygens (including phenoxy) is 1. The Labute approximate surface area is 110 Å². The summed E-state index contributed by atoms with van der Waals surface area (Å²) in [5.41, 5.74) is 1.41. The maximum absolute atomic E-state index is 5.08. The van der Waals surface area contributed by atoms with E-state index in [0.29, 0.717) is 6.04 Å². The molecule has 1 N–H and O–H groups in total. The van der Waals surface area contributed by atoms with Gasteiger partial charge in [-0.15, -0.1) is 0 Å². The van der Waals surface area contributed by atoms with E-state index in [4.69, 9.17) is 4.74 Å². The first kappa shape index (κ1) is 13.5. The number of piperidine rings is 1. The van der Waals surface area contributed by atoms with Crippen molar-refractivity contribution < 1.29 is 4.74 Å². The van der Waals surface area contributed by atoms with Gasteiger partial charge in [-0.05, 0) is 24.9 Å². The zero-order valence-electron chi connectivity index (χ0n) is 11.3. The zero-order chi connectivity index (χ0) is 12.6. The van der Waals surface area contributed by atoms with Crippen LogP contribution >= 0.6 is 0 Å². The second-order valence-corrected chi connectivity index (χ2v) is 5.01. The molecule has 0 amide bonds. The molecule has 3 heteroatoms. The number of hydrogen-bond acceptors (Lipinski definition) is 3. The van der Waals surface area contributed by atoms with Crippen molar-refractivity contribution in [3.8, 4) is 0 Å². The summed E-state index contributed by atoms with van der Waals surface area (Å²) in [6.45, 7) is 5.20. The third kappa shape index (κ3) is 4.41. The topological polar surface area (TPSA) is 24.5 Å². The highest BCUT2D eigenvalue weighted by Crippen LogP contribution is 2.13. The van der Waals surface area contributed by atoms with E-state index in [1.807, 2.05) is 0 Å². The maximum Gasteiger partial charge on any atom is 0.0587 e. The number of rotatable bonds is 6. The minimum atomic E-state index is 0.623. The number of likely N-dealkylation sites (tertiary alicyclic amines) is 1. The summed E-state index contributed by atoms with van der Waals surface area (Å²) in [7, 11) is 1.75. The highest BCUT2D eigenvalue weighted by molar-refractivity contribution is 5.14. The number of methoxy groups -OCH3 is 1. The summed E-state index contributed by atoms with van der Waals surface area (Å²) < 4.78 is 5.08. The van der Waals surface area contributed by atoms with Gasteiger partial charge in [0.05, 0.1) is 6.61 Å². The fourth-order valence-corrected chi connectivity index (χ4v) is 2.57. The smallest absolute Gasteiger partial charge is 0.0587 e. The highest BCUT2D eigenvalue weighted by Gasteiger charge is 2.18. The molecule has 18 heavy (non-hydrogen) atoms. The average Bonchev–Trinajstić information content (AvgIpc) is 2.41. The maximum atomic E-state index is 5.08. The van der Waals surface area contributed by atoms with Crippen molar-refractivity contribution in [1.82, 2.24) is 10.2 Å². The first-order valence-electron chi connectivity index (χ1n) is 6.87. The van der Waals surface area contributed by atoms with Gasteiger partial charge in [-0.25, -0.2) is 0 Å². The van der Waals surface area contributed by atoms with Crippen LogP contribution in [0.4, 0.5) is 0 Å². The Balaban J connectivity index is 1.76. The number of nitrogens with one attached hydrogen (secondary N) is 1. The molecule has 0 bridgehead atoms. The molecule has 1 fully saturated rings. The van der Waals surface area contributed by atoms with Crippen molar-refractivity contribution in [2.75, 3.05) is 33.4 Å². The Morgan fingerprint density at radius 2 is 2.17 bits per heavy atom. The third-order valence-corrected chi connectivity index (χ3v) is 3.49. The van der Waals surface area contributed by atoms with Gasteiger partial charge < -0.3 is 10.1 Å². The zero-order valence-corrected chi connectivity index (χ0v) is 11.3. The Kier molecular flexibility index (Phi) is 5.65. The van der Waals surface area contributed by atoms with Crippen LogP contribution in [0.3, 0.4) is 0 Å². The van der Waals surface area contributed by atoms with E-state index in [2.05, 4.69) is 40.5 Å². The van der Waals surface area contributed by atoms with Gasteiger partial charge in [-0.1, -0.05) is 30.3 Å². The standard InChI is InChI=1S/C15H24N2O/c1-18-11-9-16-15-8-5-10-17(13-15)12-14-6-3-2-4-7-14/h2-4,6-7,15-16H,5,8-13H2,1H3. The van der Waals surface area contributed by atoms with Crippen molar-refractivity contribution in [3.05, 3.63) is 35.9 Å². The largest absolute Gasteiger partial charge is 0.383 e. The summed E-state index contributed by atoms with van der Waals surface area (Å²) in [4.78, 5) is 2.54. The number of hydrogen-bond donors (Lipinski definition) is 1. The van der Waals surface area contributed by atoms with Gasteiger partial charge in [0, 0.05) is 32.8 Å². The van der Waals surface area contributed by atoms with E-state index < -0.39 is 0 Å². The summed E-state index contributed by atoms with van der Waals surface area (Å²) in [6, 6.07) is 11.4. The molecule has 0 aromatic heterocycles. The van der Waals surface area contributed by atoms with Gasteiger partial charge in [0.2, 0.25) is 0 Å². The van der Waals surface area contributed by atoms with Crippen LogP contribution in [0.25, 0.3) is 0 Å². The summed E-state index contributed by atoms with van der Waals surface area (Å²) in [5, 5.41) is 3.57. The summed E-state index contributed by atoms with van der Waals surface area (Å²) in [6.07, 6.45) is 2.58. The molecular weight excluding hydrogens is 224 g/mol. The van der Waals surface area contributed by atoms with Crippen molar-refractivity contribution >= 4 is 0 Å². The first-order valence-corrected chi connectivity index (χ1v) is 6.87. The minimum Gasteiger partial charge on any atom is -0.383 e. The molecule has 2 rings (SSSR count). The Bertz CT molecular complexity index is 329. The molecule has 1 aliphatic heterocycles. The molecular formula is C15H24N2O. The number of benzene rings is 1. The van der Waals surface area contributed by atoms with Crippen LogP contribution in [0.1, 0.15) is 18.4 Å². The van der Waals surface area contributed by atoms with Gasteiger partial charge in [0.1, 0.15) is 0 Å². The molecule has 0 spiro atoms. The molecule has 1 aromatic rings. The van der Waals surface area contributed by atoms with E-state index in [-0.39, 0.29) is 0 Å². The fraction of sp³-hybridized carbons (Fsp3) is 0.600. The molecule has 1 unspecified atom stereocenters. The van der Waals surface area contributed by atoms with Crippen LogP contribution in [0.5, 0.6) is 0 Å². The minimum absolute atomic E-state index is 0.623. The fourth-order valence-electron chi connectivity index (χ4n) is 2.57. The summed E-state index contributed by atoms with van der Waals surface area (Å²) >= 11 is 0. The molecule has 1 aromatic carbocycles. The molecule has 100 valence electrons. The van der Waals surface area contributed by atoms with Crippen LogP contribution < -0.4 is 5.32 Å². The molecule has 3 nitrogen and oxygen atoms in total. The van der Waals surface area contributed by atoms with E-state index in [9.17, 15) is 0 Å². The van der Waals surface area contributed by atoms with Crippen molar-refractivity contribution in [1.29, 1.82) is 0 Å². The third-order valence-electron chi connectivity index (χ3n) is 3.49. The summed E-state index contributed by atoms with van der Waals surface area (Å²) in [5.74, 6) is 0. The van der Waals surface area contributed by atoms with Gasteiger partial charge >= 0.3 is 0 Å². The Hall–Kier alpha value is -0.900. The highest BCUT2D eigenvalue weighted by atomic mass is 16.5. The van der Waals surface area contributed by atoms with E-state index in [1.165, 1.54) is 24.9 Å². The first-order chi connectivity index (χ1) is 8.88. The van der Waals surface area contributed by atoms with Gasteiger partial charge in [-0.3, -0.25) is 4.90 Å². The number of nitrogens with zero attached hydrogens (tertiary/aromatic N) is 1. The van der Waals surface area contributed by atoms with Crippen LogP contribution in [0, 0.1) is 0 Å². The van der Waals surface area contributed by atoms with Gasteiger partial charge in [0.25, 0.3) is 0 Å². The van der Waals surface area contributed by atoms with Crippen LogP contribution in [-0.2, 0) is 11.3 Å². The van der Waals surface area contributed by atoms with Crippen LogP contribution in [0.15, 0.2) is 30.3 Å². The normalized spacial score (nSPS) is 21.1. The van der Waals surface area contributed by atoms with E-state index in [1.54, 1.807) is 7.11 Å². The quantitative estimate of drug-likeness (QED) is 0.778. The van der Waals surface area contributed by atoms with Crippen LogP contribution in [-0.4, -0.2) is 44.3 Å². The molecule has 0 saturated carbocycles. The lowest BCUT2D eigenvalue weighted by molar-refractivity contribution is 0.162. The van der Waals surface area contributed by atoms with Crippen molar-refractivity contribution in [3.63, 3.8) is 0 Å². The average molecular weight is 248 g/mol. The molecule has 1 saturated heterocycles. The van der Waals surface area contributed by atoms with Crippen LogP contribution in [0.2, 0.25) is 0 Å². The monoisotopic (exact) mass is 248 g/mol. The molecule has 1 heterocycles. The second-order valence-electron chi connectivity index (χ2n) is 5.01. The SMILES string of the molecule is COCCNC1CCCN(Cc2ccccc2)C1. The Morgan fingerprint density at radius 3 is 2.94 bits per heavy atom. The molecule has 0 radical (unpaired) electrons. The van der Waals surface area contributed by atoms with E-state index >= 15 is 0 Å². The molecule has 0 aliphatic carbocycles. The predicted molar refractivity (Wildman–Crippen MR) is 74.6 cm³/mol. The molecule has 1 atom stereocenters. The lowest BCUT2D eigenvalue weighted by atomic mass is 10.0. The second kappa shape index (κ2) is 7.52. The van der Waals surface area contributed by atoms with E-state index in [0.717, 1.165) is 26.2 Å². The lowest BCUT2D eigenvalue weighted by Gasteiger charge is -2.33. The van der Waals surface area contributed by atoms with Gasteiger partial charge in [-0.2, -0.15) is 0 Å². The Morgan fingerprint density at radius 1 is 1.33 bits per heavy atom. The molecule has 1 aliphatic rings. The van der Waals surface area contributed by atoms with Gasteiger partial charge in [0.15, 0.2) is 0 Å². The lowest BCUT2D eigenvalue weighted by Crippen LogP contribution is -2.46.